The Balaban J connectivity index is 0.000000366. The van der Waals surface area contributed by atoms with Gasteiger partial charge in [0.2, 0.25) is 0 Å². The molecule has 0 saturated carbocycles. The van der Waals surface area contributed by atoms with E-state index in [-0.39, 0.29) is 18.4 Å². The summed E-state index contributed by atoms with van der Waals surface area (Å²) in [7, 11) is 0. The second-order valence-electron chi connectivity index (χ2n) is 10.7. The van der Waals surface area contributed by atoms with Gasteiger partial charge >= 0.3 is 29.8 Å². The van der Waals surface area contributed by atoms with Gasteiger partial charge in [-0.2, -0.15) is 0 Å². The number of rotatable bonds is 11. The summed E-state index contributed by atoms with van der Waals surface area (Å²) >= 11 is 0. The zero-order valence-corrected chi connectivity index (χ0v) is 27.0. The van der Waals surface area contributed by atoms with Crippen molar-refractivity contribution in [1.82, 2.24) is 14.8 Å². The lowest BCUT2D eigenvalue weighted by Crippen LogP contribution is -2.51. The number of hydrogen-bond donors (Lipinski definition) is 4. The maximum atomic E-state index is 12.9. The van der Waals surface area contributed by atoms with E-state index in [0.717, 1.165) is 32.0 Å². The number of hydrogen-bond acceptors (Lipinski definition) is 11. The number of aromatic nitrogens is 1. The first-order chi connectivity index (χ1) is 24.3. The molecule has 51 heavy (non-hydrogen) atoms. The Bertz CT molecular complexity index is 1670. The number of esters is 1. The van der Waals surface area contributed by atoms with Crippen LogP contribution in [0, 0.1) is 0 Å². The number of pyridine rings is 1. The molecular weight excluding hydrogens is 668 g/mol. The first-order valence-corrected chi connectivity index (χ1v) is 15.2. The molecule has 1 fully saturated rings. The highest BCUT2D eigenvalue weighted by molar-refractivity contribution is 6.21. The molecule has 16 nitrogen and oxygen atoms in total. The predicted octanol–water partition coefficient (Wildman–Crippen LogP) is 2.15. The van der Waals surface area contributed by atoms with Crippen LogP contribution in [0.3, 0.4) is 0 Å². The topological polar surface area (TPSA) is 232 Å². The zero-order valence-electron chi connectivity index (χ0n) is 27.0. The predicted molar refractivity (Wildman–Crippen MR) is 179 cm³/mol. The van der Waals surface area contributed by atoms with Crippen molar-refractivity contribution in [2.24, 2.45) is 0 Å². The van der Waals surface area contributed by atoms with Crippen molar-refractivity contribution < 1.29 is 58.7 Å². The molecule has 5 rings (SSSR count). The number of ether oxygens (including phenoxy) is 1. The zero-order chi connectivity index (χ0) is 37.3. The van der Waals surface area contributed by atoms with E-state index in [1.807, 2.05) is 24.3 Å². The molecule has 1 unspecified atom stereocenters. The minimum Gasteiger partial charge on any atom is -0.478 e. The molecule has 0 bridgehead atoms. The molecule has 2 amide bonds. The molecule has 0 aliphatic carbocycles. The number of anilines is 1. The molecular formula is C35H34N4O12. The van der Waals surface area contributed by atoms with Crippen molar-refractivity contribution in [3.05, 3.63) is 120 Å². The van der Waals surface area contributed by atoms with Crippen molar-refractivity contribution in [3.8, 4) is 0 Å². The highest BCUT2D eigenvalue weighted by atomic mass is 16.5. The monoisotopic (exact) mass is 702 g/mol. The third kappa shape index (κ3) is 12.7. The van der Waals surface area contributed by atoms with Gasteiger partial charge in [0.1, 0.15) is 11.9 Å². The van der Waals surface area contributed by atoms with Gasteiger partial charge in [0.05, 0.1) is 23.2 Å². The van der Waals surface area contributed by atoms with Crippen LogP contribution in [0.4, 0.5) is 5.82 Å². The van der Waals surface area contributed by atoms with Crippen LogP contribution >= 0.6 is 0 Å². The van der Waals surface area contributed by atoms with Crippen molar-refractivity contribution in [2.75, 3.05) is 44.2 Å². The number of benzene rings is 2. The van der Waals surface area contributed by atoms with Crippen molar-refractivity contribution in [3.63, 3.8) is 0 Å². The summed E-state index contributed by atoms with van der Waals surface area (Å²) in [6.45, 7) is 3.48. The second-order valence-corrected chi connectivity index (χ2v) is 10.7. The maximum absolute atomic E-state index is 12.9. The summed E-state index contributed by atoms with van der Waals surface area (Å²) in [5.41, 5.74) is 1.20. The quantitative estimate of drug-likeness (QED) is 0.127. The summed E-state index contributed by atoms with van der Waals surface area (Å²) in [6, 6.07) is 21.4. The number of carboxylic acid groups (broad SMARTS) is 4. The third-order valence-electron chi connectivity index (χ3n) is 7.09. The van der Waals surface area contributed by atoms with E-state index in [2.05, 4.69) is 14.8 Å². The number of piperazine rings is 1. The molecule has 1 saturated heterocycles. The van der Waals surface area contributed by atoms with E-state index in [0.29, 0.717) is 47.5 Å². The number of carboxylic acids is 4. The lowest BCUT2D eigenvalue weighted by Gasteiger charge is -2.37. The van der Waals surface area contributed by atoms with Crippen LogP contribution in [0.5, 0.6) is 0 Å². The lowest BCUT2D eigenvalue weighted by molar-refractivity contribution is -0.134. The van der Waals surface area contributed by atoms with Gasteiger partial charge in [-0.3, -0.25) is 19.4 Å². The Hall–Kier alpha value is -6.68. The minimum absolute atomic E-state index is 0.00533. The number of aliphatic carboxylic acids is 4. The van der Waals surface area contributed by atoms with E-state index in [1.165, 1.54) is 4.90 Å². The molecule has 2 aliphatic rings. The molecule has 266 valence electrons. The molecule has 0 spiro atoms. The van der Waals surface area contributed by atoms with Gasteiger partial charge in [0.15, 0.2) is 0 Å². The van der Waals surface area contributed by atoms with Crippen LogP contribution in [0.15, 0.2) is 103 Å². The van der Waals surface area contributed by atoms with E-state index in [4.69, 9.17) is 25.2 Å². The largest absolute Gasteiger partial charge is 0.478 e. The van der Waals surface area contributed by atoms with Crippen LogP contribution in [0.1, 0.15) is 31.1 Å². The Kier molecular flexibility index (Phi) is 14.7. The number of carbonyl (C=O) groups is 7. The molecule has 1 aromatic heterocycles. The molecule has 2 aromatic carbocycles. The maximum Gasteiger partial charge on any atom is 0.338 e. The molecule has 1 atom stereocenters. The lowest BCUT2D eigenvalue weighted by atomic mass is 10.1. The third-order valence-corrected chi connectivity index (χ3v) is 7.09. The average Bonchev–Trinajstić information content (AvgIpc) is 3.36. The van der Waals surface area contributed by atoms with Crippen molar-refractivity contribution in [2.45, 2.75) is 6.10 Å². The van der Waals surface area contributed by atoms with E-state index in [1.54, 1.807) is 54.7 Å². The first kappa shape index (κ1) is 38.8. The van der Waals surface area contributed by atoms with Gasteiger partial charge in [-0.05, 0) is 36.4 Å². The van der Waals surface area contributed by atoms with Crippen molar-refractivity contribution >= 4 is 47.5 Å². The molecule has 0 radical (unpaired) electrons. The fourth-order valence-corrected chi connectivity index (χ4v) is 4.81. The molecule has 2 aliphatic heterocycles. The van der Waals surface area contributed by atoms with Crippen LogP contribution in [-0.4, -0.2) is 122 Å². The minimum atomic E-state index is -1.26. The van der Waals surface area contributed by atoms with Crippen molar-refractivity contribution in [1.29, 1.82) is 0 Å². The Labute approximate surface area is 291 Å². The standard InChI is InChI=1S/C27H26N4O4.2C4H4O4/c32-25-22-10-4-5-11-23(22)26(33)31(25)19-21(35-27(34)20-8-2-1-3-9-20)18-29-14-16-30(17-15-29)24-12-6-7-13-28-24;2*5-3(6)1-2-4(7)8/h1-13,21H,14-19H2;2*1-2H,(H,5,6)(H,7,8)/b;2*2-1-. The fraction of sp³-hybridized carbons (Fsp3) is 0.200. The van der Waals surface area contributed by atoms with Crippen LogP contribution in [0.25, 0.3) is 0 Å². The van der Waals surface area contributed by atoms with Gasteiger partial charge in [0, 0.05) is 63.2 Å². The number of imide groups is 1. The summed E-state index contributed by atoms with van der Waals surface area (Å²) in [6.07, 6.45) is 3.35. The molecule has 3 heterocycles. The summed E-state index contributed by atoms with van der Waals surface area (Å²) in [5, 5.41) is 31.2. The highest BCUT2D eigenvalue weighted by Gasteiger charge is 2.38. The van der Waals surface area contributed by atoms with Crippen LogP contribution in [-0.2, 0) is 23.9 Å². The van der Waals surface area contributed by atoms with E-state index in [9.17, 15) is 33.6 Å². The van der Waals surface area contributed by atoms with Crippen LogP contribution in [0.2, 0.25) is 0 Å². The average molecular weight is 703 g/mol. The SMILES string of the molecule is O=C(O)/C=C\C(=O)O.O=C(O)/C=C\C(=O)O.O=C(OC(CN1CCN(c2ccccn2)CC1)CN1C(=O)c2ccccc2C1=O)c1ccccc1. The molecule has 4 N–H and O–H groups in total. The van der Waals surface area contributed by atoms with Gasteiger partial charge in [-0.15, -0.1) is 0 Å². The highest BCUT2D eigenvalue weighted by Crippen LogP contribution is 2.23. The number of amides is 2. The smallest absolute Gasteiger partial charge is 0.338 e. The Morgan fingerprint density at radius 2 is 1.12 bits per heavy atom. The summed E-state index contributed by atoms with van der Waals surface area (Å²) in [4.78, 5) is 86.9. The van der Waals surface area contributed by atoms with Gasteiger partial charge in [0.25, 0.3) is 11.8 Å². The molecule has 16 heteroatoms. The van der Waals surface area contributed by atoms with Crippen LogP contribution < -0.4 is 4.90 Å². The van der Waals surface area contributed by atoms with Gasteiger partial charge in [-0.1, -0.05) is 36.4 Å². The Morgan fingerprint density at radius 3 is 1.57 bits per heavy atom. The number of fused-ring (bicyclic) bond motifs is 1. The second kappa shape index (κ2) is 19.4. The fourth-order valence-electron chi connectivity index (χ4n) is 4.81. The van der Waals surface area contributed by atoms with Gasteiger partial charge in [-0.25, -0.2) is 29.0 Å². The summed E-state index contributed by atoms with van der Waals surface area (Å²) < 4.78 is 5.86. The molecule has 3 aromatic rings. The normalized spacial score (nSPS) is 14.5. The number of carbonyl (C=O) groups excluding carboxylic acids is 3. The van der Waals surface area contributed by atoms with E-state index < -0.39 is 36.0 Å². The Morgan fingerprint density at radius 1 is 0.647 bits per heavy atom. The van der Waals surface area contributed by atoms with Gasteiger partial charge < -0.3 is 30.1 Å². The number of nitrogens with zero attached hydrogens (tertiary/aromatic N) is 4. The van der Waals surface area contributed by atoms with E-state index >= 15 is 0 Å². The first-order valence-electron chi connectivity index (χ1n) is 15.2. The summed E-state index contributed by atoms with van der Waals surface area (Å²) in [5.74, 6) is -5.28.